The number of amides is 2. The van der Waals surface area contributed by atoms with Crippen molar-refractivity contribution in [3.63, 3.8) is 0 Å². The van der Waals surface area contributed by atoms with Crippen molar-refractivity contribution in [1.29, 1.82) is 0 Å². The summed E-state index contributed by atoms with van der Waals surface area (Å²) in [6.45, 7) is 1.69. The molecule has 1 N–H and O–H groups in total. The number of rotatable bonds is 4. The number of nitrogens with zero attached hydrogens (tertiary/aromatic N) is 2. The number of piperazine rings is 1. The summed E-state index contributed by atoms with van der Waals surface area (Å²) in [4.78, 5) is 29.4. The molecular formula is C28H30N2O5. The first-order chi connectivity index (χ1) is 17.1. The number of hydrogen-bond acceptors (Lipinski definition) is 5. The number of benzene rings is 2. The summed E-state index contributed by atoms with van der Waals surface area (Å²) in [7, 11) is 1.63. The highest BCUT2D eigenvalue weighted by molar-refractivity contribution is 5.88. The third-order valence-electron chi connectivity index (χ3n) is 7.37. The standard InChI is InChI=1S/C28H30N2O5/c1-34-23-10-6-20(7-11-23)3-2-19-4-8-21(9-5-19)27-24-16-29(17-26(32)30(24)25(27)18-31)28(33)22-12-14-35-15-13-22/h4-11,22,24-25,27,31H,12-18H2,1H3/t24-,25-,27+/m1/s1. The molecule has 2 aromatic carbocycles. The number of fused-ring (bicyclic) bond motifs is 1. The van der Waals surface area contributed by atoms with Crippen LogP contribution in [0.15, 0.2) is 48.5 Å². The van der Waals surface area contributed by atoms with Gasteiger partial charge in [0.1, 0.15) is 5.75 Å². The lowest BCUT2D eigenvalue weighted by molar-refractivity contribution is -0.169. The SMILES string of the molecule is COc1ccc(C#Cc2ccc([C@@H]3[C@@H](CO)N4C(=O)CN(C(=O)C5CCOCC5)C[C@H]34)cc2)cc1. The van der Waals surface area contributed by atoms with Gasteiger partial charge in [-0.15, -0.1) is 0 Å². The summed E-state index contributed by atoms with van der Waals surface area (Å²) in [5.74, 6) is 7.01. The Balaban J connectivity index is 1.30. The summed E-state index contributed by atoms with van der Waals surface area (Å²) in [6, 6.07) is 15.2. The van der Waals surface area contributed by atoms with E-state index in [1.54, 1.807) is 16.9 Å². The Morgan fingerprint density at radius 2 is 1.69 bits per heavy atom. The fraction of sp³-hybridized carbons (Fsp3) is 0.429. The summed E-state index contributed by atoms with van der Waals surface area (Å²) >= 11 is 0. The highest BCUT2D eigenvalue weighted by atomic mass is 16.5. The number of aliphatic hydroxyl groups excluding tert-OH is 1. The maximum Gasteiger partial charge on any atom is 0.242 e. The molecule has 2 amide bonds. The van der Waals surface area contributed by atoms with Crippen molar-refractivity contribution in [2.75, 3.05) is 40.0 Å². The number of hydrogen-bond donors (Lipinski definition) is 1. The molecule has 3 saturated heterocycles. The summed E-state index contributed by atoms with van der Waals surface area (Å²) in [5.41, 5.74) is 2.84. The maximum atomic E-state index is 13.1. The van der Waals surface area contributed by atoms with E-state index in [2.05, 4.69) is 11.8 Å². The van der Waals surface area contributed by atoms with Crippen LogP contribution in [0.3, 0.4) is 0 Å². The van der Waals surface area contributed by atoms with Gasteiger partial charge >= 0.3 is 0 Å². The quantitative estimate of drug-likeness (QED) is 0.686. The third kappa shape index (κ3) is 4.64. The van der Waals surface area contributed by atoms with Crippen LogP contribution in [0.25, 0.3) is 0 Å². The topological polar surface area (TPSA) is 79.3 Å². The fourth-order valence-electron chi connectivity index (χ4n) is 5.48. The summed E-state index contributed by atoms with van der Waals surface area (Å²) in [6.07, 6.45) is 1.42. The monoisotopic (exact) mass is 474 g/mol. The summed E-state index contributed by atoms with van der Waals surface area (Å²) < 4.78 is 10.6. The Kier molecular flexibility index (Phi) is 6.76. The van der Waals surface area contributed by atoms with Gasteiger partial charge in [-0.05, 0) is 54.8 Å². The zero-order valence-electron chi connectivity index (χ0n) is 19.9. The second-order valence-electron chi connectivity index (χ2n) is 9.35. The molecular weight excluding hydrogens is 444 g/mol. The van der Waals surface area contributed by atoms with E-state index < -0.39 is 0 Å². The molecule has 0 aliphatic carbocycles. The van der Waals surface area contributed by atoms with Crippen LogP contribution in [0.4, 0.5) is 0 Å². The molecule has 0 saturated carbocycles. The molecule has 3 fully saturated rings. The van der Waals surface area contributed by atoms with Crippen LogP contribution in [0.5, 0.6) is 5.75 Å². The Bertz CT molecular complexity index is 1130. The molecule has 3 aliphatic heterocycles. The van der Waals surface area contributed by atoms with Gasteiger partial charge in [-0.3, -0.25) is 9.59 Å². The molecule has 3 heterocycles. The van der Waals surface area contributed by atoms with Crippen molar-refractivity contribution >= 4 is 11.8 Å². The average Bonchev–Trinajstić information content (AvgIpc) is 2.89. The highest BCUT2D eigenvalue weighted by Crippen LogP contribution is 2.43. The average molecular weight is 475 g/mol. The van der Waals surface area contributed by atoms with Crippen molar-refractivity contribution in [2.24, 2.45) is 5.92 Å². The molecule has 3 atom stereocenters. The molecule has 0 unspecified atom stereocenters. The van der Waals surface area contributed by atoms with Crippen LogP contribution in [-0.2, 0) is 14.3 Å². The van der Waals surface area contributed by atoms with Crippen molar-refractivity contribution < 1.29 is 24.2 Å². The number of aliphatic hydroxyl groups is 1. The second kappa shape index (κ2) is 10.1. The van der Waals surface area contributed by atoms with Gasteiger partial charge in [-0.1, -0.05) is 24.0 Å². The lowest BCUT2D eigenvalue weighted by Crippen LogP contribution is -2.73. The zero-order chi connectivity index (χ0) is 24.4. The van der Waals surface area contributed by atoms with Crippen LogP contribution < -0.4 is 4.74 Å². The Hall–Kier alpha value is -3.34. The molecule has 7 nitrogen and oxygen atoms in total. The van der Waals surface area contributed by atoms with Gasteiger partial charge < -0.3 is 24.4 Å². The lowest BCUT2D eigenvalue weighted by Gasteiger charge is -2.59. The maximum absolute atomic E-state index is 13.1. The predicted octanol–water partition coefficient (Wildman–Crippen LogP) is 2.02. The van der Waals surface area contributed by atoms with Gasteiger partial charge in [-0.2, -0.15) is 0 Å². The fourth-order valence-corrected chi connectivity index (χ4v) is 5.48. The van der Waals surface area contributed by atoms with E-state index in [1.807, 2.05) is 48.5 Å². The van der Waals surface area contributed by atoms with Gasteiger partial charge in [0.05, 0.1) is 32.3 Å². The van der Waals surface area contributed by atoms with Crippen LogP contribution in [0.1, 0.15) is 35.4 Å². The highest BCUT2D eigenvalue weighted by Gasteiger charge is 2.54. The first-order valence-corrected chi connectivity index (χ1v) is 12.1. The van der Waals surface area contributed by atoms with Crippen LogP contribution in [0.2, 0.25) is 0 Å². The number of ether oxygens (including phenoxy) is 2. The van der Waals surface area contributed by atoms with Crippen LogP contribution >= 0.6 is 0 Å². The van der Waals surface area contributed by atoms with E-state index in [1.165, 1.54) is 0 Å². The normalized spacial score (nSPS) is 24.2. The molecule has 5 rings (SSSR count). The predicted molar refractivity (Wildman–Crippen MR) is 130 cm³/mol. The van der Waals surface area contributed by atoms with E-state index in [4.69, 9.17) is 9.47 Å². The van der Waals surface area contributed by atoms with Crippen molar-refractivity contribution in [3.05, 3.63) is 65.2 Å². The van der Waals surface area contributed by atoms with E-state index in [0.29, 0.717) is 32.6 Å². The van der Waals surface area contributed by atoms with E-state index in [0.717, 1.165) is 22.4 Å². The van der Waals surface area contributed by atoms with E-state index in [9.17, 15) is 14.7 Å². The lowest BCUT2D eigenvalue weighted by atomic mass is 9.73. The molecule has 0 aromatic heterocycles. The zero-order valence-corrected chi connectivity index (χ0v) is 19.9. The van der Waals surface area contributed by atoms with E-state index >= 15 is 0 Å². The molecule has 7 heteroatoms. The Morgan fingerprint density at radius 1 is 1.06 bits per heavy atom. The van der Waals surface area contributed by atoms with Crippen molar-refractivity contribution in [2.45, 2.75) is 30.8 Å². The summed E-state index contributed by atoms with van der Waals surface area (Å²) in [5, 5.41) is 10.0. The van der Waals surface area contributed by atoms with Gasteiger partial charge in [0.15, 0.2) is 0 Å². The molecule has 0 bridgehead atoms. The minimum absolute atomic E-state index is 0.0159. The molecule has 0 spiro atoms. The number of carbonyl (C=O) groups is 2. The Labute approximate surface area is 205 Å². The van der Waals surface area contributed by atoms with Crippen LogP contribution in [0, 0.1) is 17.8 Å². The smallest absolute Gasteiger partial charge is 0.242 e. The van der Waals surface area contributed by atoms with Crippen LogP contribution in [-0.4, -0.2) is 78.8 Å². The Morgan fingerprint density at radius 3 is 2.29 bits per heavy atom. The van der Waals surface area contributed by atoms with Crippen molar-refractivity contribution in [1.82, 2.24) is 9.80 Å². The molecule has 0 radical (unpaired) electrons. The van der Waals surface area contributed by atoms with Gasteiger partial charge in [0, 0.05) is 42.7 Å². The minimum atomic E-state index is -0.260. The second-order valence-corrected chi connectivity index (χ2v) is 9.35. The molecule has 3 aliphatic rings. The number of carbonyl (C=O) groups excluding carboxylic acids is 2. The number of methoxy groups -OCH3 is 1. The first kappa shape index (κ1) is 23.4. The first-order valence-electron chi connectivity index (χ1n) is 12.1. The van der Waals surface area contributed by atoms with Crippen molar-refractivity contribution in [3.8, 4) is 17.6 Å². The largest absolute Gasteiger partial charge is 0.497 e. The molecule has 2 aromatic rings. The third-order valence-corrected chi connectivity index (χ3v) is 7.37. The molecule has 182 valence electrons. The molecule has 35 heavy (non-hydrogen) atoms. The van der Waals surface area contributed by atoms with Gasteiger partial charge in [0.2, 0.25) is 11.8 Å². The van der Waals surface area contributed by atoms with Gasteiger partial charge in [0.25, 0.3) is 0 Å². The van der Waals surface area contributed by atoms with Gasteiger partial charge in [-0.25, -0.2) is 0 Å². The minimum Gasteiger partial charge on any atom is -0.497 e. The van der Waals surface area contributed by atoms with E-state index in [-0.39, 0.29) is 48.9 Å².